The van der Waals surface area contributed by atoms with Gasteiger partial charge in [-0.3, -0.25) is 0 Å². The second kappa shape index (κ2) is 12.0. The Morgan fingerprint density at radius 3 is 1.94 bits per heavy atom. The van der Waals surface area contributed by atoms with Crippen LogP contribution >= 0.6 is 0 Å². The molecule has 1 nitrogen and oxygen atoms in total. The first-order valence-electron chi connectivity index (χ1n) is 8.36. The van der Waals surface area contributed by atoms with E-state index in [1.165, 1.54) is 64.6 Å². The third-order valence-electron chi connectivity index (χ3n) is 3.84. The van der Waals surface area contributed by atoms with Crippen LogP contribution in [-0.2, 0) is 0 Å². The molecule has 0 aliphatic heterocycles. The molecule has 110 valence electrons. The Bertz CT molecular complexity index is 161. The number of unbranched alkanes of at least 4 members (excludes halogenated alkanes) is 1. The van der Waals surface area contributed by atoms with Gasteiger partial charge in [-0.25, -0.2) is 0 Å². The molecule has 0 saturated heterocycles. The molecule has 0 bridgehead atoms. The van der Waals surface area contributed by atoms with Gasteiger partial charge in [0.25, 0.3) is 0 Å². The first-order valence-corrected chi connectivity index (χ1v) is 8.36. The summed E-state index contributed by atoms with van der Waals surface area (Å²) in [5, 5.41) is 0. The minimum Gasteiger partial charge on any atom is -0.304 e. The average Bonchev–Trinajstić information content (AvgIpc) is 2.30. The third-order valence-corrected chi connectivity index (χ3v) is 3.84. The summed E-state index contributed by atoms with van der Waals surface area (Å²) in [4.78, 5) is 2.52. The number of nitrogens with zero attached hydrogens (tertiary/aromatic N) is 1. The number of rotatable bonds is 8. The summed E-state index contributed by atoms with van der Waals surface area (Å²) in [6.07, 6.45) is 9.96. The van der Waals surface area contributed by atoms with Gasteiger partial charge in [0.05, 0.1) is 0 Å². The molecular weight excluding hydrogens is 218 g/mol. The van der Waals surface area contributed by atoms with Crippen LogP contribution in [-0.4, -0.2) is 24.5 Å². The molecule has 1 saturated carbocycles. The van der Waals surface area contributed by atoms with Crippen molar-refractivity contribution in [2.24, 2.45) is 11.8 Å². The second-order valence-corrected chi connectivity index (χ2v) is 6.21. The lowest BCUT2D eigenvalue weighted by molar-refractivity contribution is 0.264. The molecule has 1 aliphatic carbocycles. The van der Waals surface area contributed by atoms with Crippen molar-refractivity contribution >= 4 is 0 Å². The maximum absolute atomic E-state index is 2.52. The first kappa shape index (κ1) is 18.0. The van der Waals surface area contributed by atoms with Gasteiger partial charge in [-0.05, 0) is 50.7 Å². The highest BCUT2D eigenvalue weighted by atomic mass is 15.1. The molecule has 1 aliphatic rings. The van der Waals surface area contributed by atoms with Gasteiger partial charge < -0.3 is 4.90 Å². The summed E-state index contributed by atoms with van der Waals surface area (Å²) in [5.74, 6) is 2.04. The normalized spacial score (nSPS) is 15.5. The molecule has 0 radical (unpaired) electrons. The van der Waals surface area contributed by atoms with E-state index in [0.29, 0.717) is 0 Å². The Labute approximate surface area is 116 Å². The van der Waals surface area contributed by atoms with Crippen LogP contribution < -0.4 is 0 Å². The fraction of sp³-hybridized carbons (Fsp3) is 1.00. The lowest BCUT2D eigenvalue weighted by Gasteiger charge is -2.26. The van der Waals surface area contributed by atoms with Crippen molar-refractivity contribution in [3.8, 4) is 0 Å². The molecule has 1 heteroatoms. The van der Waals surface area contributed by atoms with Crippen molar-refractivity contribution in [2.75, 3.05) is 19.6 Å². The van der Waals surface area contributed by atoms with Crippen LogP contribution in [0.25, 0.3) is 0 Å². The topological polar surface area (TPSA) is 3.24 Å². The Balaban J connectivity index is 0.000000327. The molecule has 0 aromatic heterocycles. The van der Waals surface area contributed by atoms with Crippen molar-refractivity contribution in [2.45, 2.75) is 79.6 Å². The summed E-state index contributed by atoms with van der Waals surface area (Å²) in [6, 6.07) is 0. The van der Waals surface area contributed by atoms with Crippen molar-refractivity contribution in [1.29, 1.82) is 0 Å². The molecule has 0 aromatic carbocycles. The predicted octanol–water partition coefficient (Wildman–Crippen LogP) is 5.35. The molecule has 1 fully saturated rings. The quantitative estimate of drug-likeness (QED) is 0.565. The molecule has 0 aromatic rings. The number of hydrogen-bond donors (Lipinski definition) is 0. The largest absolute Gasteiger partial charge is 0.304 e. The summed E-state index contributed by atoms with van der Waals surface area (Å²) < 4.78 is 0. The monoisotopic (exact) mass is 255 g/mol. The van der Waals surface area contributed by atoms with E-state index < -0.39 is 0 Å². The Morgan fingerprint density at radius 1 is 1.00 bits per heavy atom. The van der Waals surface area contributed by atoms with Gasteiger partial charge in [0.2, 0.25) is 0 Å². The average molecular weight is 255 g/mol. The fourth-order valence-electron chi connectivity index (χ4n) is 2.52. The van der Waals surface area contributed by atoms with Crippen LogP contribution in [0.4, 0.5) is 0 Å². The summed E-state index contributed by atoms with van der Waals surface area (Å²) in [6.45, 7) is 15.2. The molecule has 0 amide bonds. The fourth-order valence-corrected chi connectivity index (χ4v) is 2.52. The first-order chi connectivity index (χ1) is 8.63. The highest BCUT2D eigenvalue weighted by Crippen LogP contribution is 2.31. The Morgan fingerprint density at radius 2 is 1.67 bits per heavy atom. The van der Waals surface area contributed by atoms with Crippen molar-refractivity contribution in [3.05, 3.63) is 0 Å². The van der Waals surface area contributed by atoms with E-state index in [1.54, 1.807) is 0 Å². The molecule has 1 rings (SSSR count). The molecule has 0 unspecified atom stereocenters. The maximum atomic E-state index is 2.52. The zero-order valence-electron chi connectivity index (χ0n) is 13.7. The molecular formula is C17H37N. The van der Waals surface area contributed by atoms with Crippen LogP contribution in [0.3, 0.4) is 0 Å². The molecule has 18 heavy (non-hydrogen) atoms. The van der Waals surface area contributed by atoms with Crippen LogP contribution in [0, 0.1) is 11.8 Å². The zero-order chi connectivity index (χ0) is 13.8. The number of hydrogen-bond acceptors (Lipinski definition) is 1. The van der Waals surface area contributed by atoms with E-state index in [4.69, 9.17) is 0 Å². The van der Waals surface area contributed by atoms with E-state index in [9.17, 15) is 0 Å². The van der Waals surface area contributed by atoms with Gasteiger partial charge >= 0.3 is 0 Å². The predicted molar refractivity (Wildman–Crippen MR) is 84.1 cm³/mol. The lowest BCUT2D eigenvalue weighted by atomic mass is 9.80. The molecule has 0 heterocycles. The van der Waals surface area contributed by atoms with E-state index >= 15 is 0 Å². The van der Waals surface area contributed by atoms with Gasteiger partial charge in [0.15, 0.2) is 0 Å². The van der Waals surface area contributed by atoms with E-state index in [2.05, 4.69) is 39.5 Å². The Hall–Kier alpha value is -0.0400. The highest BCUT2D eigenvalue weighted by Gasteiger charge is 2.17. The van der Waals surface area contributed by atoms with Crippen LogP contribution in [0.1, 0.15) is 79.6 Å². The van der Waals surface area contributed by atoms with Crippen molar-refractivity contribution < 1.29 is 0 Å². The van der Waals surface area contributed by atoms with E-state index in [0.717, 1.165) is 11.8 Å². The zero-order valence-corrected chi connectivity index (χ0v) is 13.7. The molecule has 0 atom stereocenters. The molecule has 0 N–H and O–H groups in total. The maximum Gasteiger partial charge on any atom is -0.00190 e. The highest BCUT2D eigenvalue weighted by molar-refractivity contribution is 4.70. The standard InChI is InChI=1S/C9H21N.C8H16/c1-4-7-9-10(6-3)8-5-2;1-7(2)6-8-4-3-5-8/h4-9H2,1-3H3;7-8H,3-6H2,1-2H3. The van der Waals surface area contributed by atoms with Gasteiger partial charge in [-0.2, -0.15) is 0 Å². The summed E-state index contributed by atoms with van der Waals surface area (Å²) in [7, 11) is 0. The smallest absolute Gasteiger partial charge is 0.00190 e. The van der Waals surface area contributed by atoms with Crippen molar-refractivity contribution in [3.63, 3.8) is 0 Å². The summed E-state index contributed by atoms with van der Waals surface area (Å²) >= 11 is 0. The minimum atomic E-state index is 0.931. The SMILES string of the molecule is CC(C)CC1CCC1.CCCCN(CC)CCC. The van der Waals surface area contributed by atoms with Gasteiger partial charge in [0.1, 0.15) is 0 Å². The van der Waals surface area contributed by atoms with Gasteiger partial charge in [-0.1, -0.05) is 60.3 Å². The van der Waals surface area contributed by atoms with Gasteiger partial charge in [-0.15, -0.1) is 0 Å². The van der Waals surface area contributed by atoms with Gasteiger partial charge in [0, 0.05) is 0 Å². The van der Waals surface area contributed by atoms with Crippen LogP contribution in [0.15, 0.2) is 0 Å². The van der Waals surface area contributed by atoms with Crippen LogP contribution in [0.5, 0.6) is 0 Å². The second-order valence-electron chi connectivity index (χ2n) is 6.21. The van der Waals surface area contributed by atoms with E-state index in [1.807, 2.05) is 0 Å². The minimum absolute atomic E-state index is 0.931. The lowest BCUT2D eigenvalue weighted by Crippen LogP contribution is -2.25. The Kier molecular flexibility index (Phi) is 12.0. The third kappa shape index (κ3) is 9.94. The molecule has 0 spiro atoms. The van der Waals surface area contributed by atoms with Crippen molar-refractivity contribution in [1.82, 2.24) is 4.90 Å². The summed E-state index contributed by atoms with van der Waals surface area (Å²) in [5.41, 5.74) is 0. The van der Waals surface area contributed by atoms with E-state index in [-0.39, 0.29) is 0 Å². The van der Waals surface area contributed by atoms with Crippen LogP contribution in [0.2, 0.25) is 0 Å².